The second-order valence-electron chi connectivity index (χ2n) is 4.89. The molecule has 0 spiro atoms. The van der Waals surface area contributed by atoms with Crippen molar-refractivity contribution >= 4 is 23.4 Å². The monoisotopic (exact) mass is 307 g/mol. The standard InChI is InChI=1S/C15H22ClN5/c1-3-8-19-15(17-4-2)20-12-7-10-21(11-12)14-13(16)6-5-9-18-14/h3,5-6,9,12H,1,4,7-8,10-11H2,2H3,(H2,17,19,20). The van der Waals surface area contributed by atoms with E-state index in [0.29, 0.717) is 17.6 Å². The minimum Gasteiger partial charge on any atom is -0.357 e. The lowest BCUT2D eigenvalue weighted by Crippen LogP contribution is -2.44. The molecular formula is C15H22ClN5. The first-order chi connectivity index (χ1) is 10.2. The molecule has 0 amide bonds. The van der Waals surface area contributed by atoms with Gasteiger partial charge in [-0.3, -0.25) is 0 Å². The molecule has 0 aromatic carbocycles. The number of nitrogens with zero attached hydrogens (tertiary/aromatic N) is 3. The fourth-order valence-electron chi connectivity index (χ4n) is 2.35. The largest absolute Gasteiger partial charge is 0.357 e. The molecule has 21 heavy (non-hydrogen) atoms. The van der Waals surface area contributed by atoms with Crippen molar-refractivity contribution in [1.29, 1.82) is 0 Å². The van der Waals surface area contributed by atoms with E-state index in [1.165, 1.54) is 0 Å². The summed E-state index contributed by atoms with van der Waals surface area (Å²) in [5.74, 6) is 1.69. The Hall–Kier alpha value is -1.75. The molecule has 1 aliphatic heterocycles. The third-order valence-corrected chi connectivity index (χ3v) is 3.59. The Morgan fingerprint density at radius 2 is 2.52 bits per heavy atom. The molecule has 1 unspecified atom stereocenters. The van der Waals surface area contributed by atoms with E-state index in [1.807, 2.05) is 12.1 Å². The topological polar surface area (TPSA) is 52.6 Å². The Balaban J connectivity index is 1.95. The van der Waals surface area contributed by atoms with Crippen LogP contribution in [0.25, 0.3) is 0 Å². The first kappa shape index (κ1) is 15.6. The van der Waals surface area contributed by atoms with Crippen LogP contribution in [0.2, 0.25) is 5.02 Å². The molecule has 1 aliphatic rings. The zero-order chi connectivity index (χ0) is 15.1. The lowest BCUT2D eigenvalue weighted by molar-refractivity contribution is 0.650. The molecule has 6 heteroatoms. The van der Waals surface area contributed by atoms with Gasteiger partial charge < -0.3 is 15.5 Å². The van der Waals surface area contributed by atoms with Crippen LogP contribution in [0.3, 0.4) is 0 Å². The fourth-order valence-corrected chi connectivity index (χ4v) is 2.59. The smallest absolute Gasteiger partial charge is 0.191 e. The van der Waals surface area contributed by atoms with E-state index >= 15 is 0 Å². The van der Waals surface area contributed by atoms with E-state index in [4.69, 9.17) is 11.6 Å². The van der Waals surface area contributed by atoms with Crippen LogP contribution in [0.1, 0.15) is 13.3 Å². The Bertz CT molecular complexity index is 503. The van der Waals surface area contributed by atoms with E-state index in [-0.39, 0.29) is 0 Å². The molecule has 1 fully saturated rings. The van der Waals surface area contributed by atoms with Gasteiger partial charge in [0.25, 0.3) is 0 Å². The van der Waals surface area contributed by atoms with Crippen LogP contribution >= 0.6 is 11.6 Å². The molecule has 0 saturated carbocycles. The highest BCUT2D eigenvalue weighted by Gasteiger charge is 2.25. The lowest BCUT2D eigenvalue weighted by Gasteiger charge is -2.20. The van der Waals surface area contributed by atoms with Crippen molar-refractivity contribution in [2.24, 2.45) is 4.99 Å². The van der Waals surface area contributed by atoms with Gasteiger partial charge in [-0.2, -0.15) is 0 Å². The second kappa shape index (κ2) is 7.88. The van der Waals surface area contributed by atoms with Gasteiger partial charge in [-0.15, -0.1) is 6.58 Å². The van der Waals surface area contributed by atoms with Crippen LogP contribution in [0.4, 0.5) is 5.82 Å². The summed E-state index contributed by atoms with van der Waals surface area (Å²) in [6, 6.07) is 4.06. The van der Waals surface area contributed by atoms with Gasteiger partial charge in [-0.25, -0.2) is 9.98 Å². The van der Waals surface area contributed by atoms with Gasteiger partial charge in [0.05, 0.1) is 11.6 Å². The third-order valence-electron chi connectivity index (χ3n) is 3.29. The van der Waals surface area contributed by atoms with Gasteiger partial charge in [0, 0.05) is 31.9 Å². The van der Waals surface area contributed by atoms with Crippen molar-refractivity contribution in [2.45, 2.75) is 19.4 Å². The van der Waals surface area contributed by atoms with E-state index in [2.05, 4.69) is 39.0 Å². The number of anilines is 1. The molecule has 2 rings (SSSR count). The van der Waals surface area contributed by atoms with Gasteiger partial charge in [0.15, 0.2) is 5.96 Å². The maximum absolute atomic E-state index is 6.20. The fraction of sp³-hybridized carbons (Fsp3) is 0.467. The highest BCUT2D eigenvalue weighted by atomic mass is 35.5. The number of hydrogen-bond donors (Lipinski definition) is 2. The molecule has 1 aromatic rings. The summed E-state index contributed by atoms with van der Waals surface area (Å²) in [5.41, 5.74) is 0. The number of aromatic nitrogens is 1. The van der Waals surface area contributed by atoms with Gasteiger partial charge in [-0.05, 0) is 25.5 Å². The quantitative estimate of drug-likeness (QED) is 0.497. The Labute approximate surface area is 131 Å². The molecule has 0 bridgehead atoms. The van der Waals surface area contributed by atoms with E-state index in [1.54, 1.807) is 12.3 Å². The zero-order valence-electron chi connectivity index (χ0n) is 12.3. The molecule has 0 radical (unpaired) electrons. The first-order valence-electron chi connectivity index (χ1n) is 7.25. The Morgan fingerprint density at radius 1 is 1.67 bits per heavy atom. The van der Waals surface area contributed by atoms with Crippen LogP contribution in [0, 0.1) is 0 Å². The van der Waals surface area contributed by atoms with Crippen molar-refractivity contribution in [3.05, 3.63) is 36.0 Å². The zero-order valence-corrected chi connectivity index (χ0v) is 13.1. The first-order valence-corrected chi connectivity index (χ1v) is 7.63. The molecule has 1 atom stereocenters. The lowest BCUT2D eigenvalue weighted by atomic mass is 10.3. The molecule has 1 saturated heterocycles. The summed E-state index contributed by atoms with van der Waals surface area (Å²) in [4.78, 5) is 11.0. The Morgan fingerprint density at radius 3 is 3.24 bits per heavy atom. The van der Waals surface area contributed by atoms with E-state index < -0.39 is 0 Å². The molecule has 2 N–H and O–H groups in total. The molecule has 1 aromatic heterocycles. The number of rotatable bonds is 5. The molecular weight excluding hydrogens is 286 g/mol. The van der Waals surface area contributed by atoms with Gasteiger partial charge in [-0.1, -0.05) is 17.7 Å². The Kier molecular flexibility index (Phi) is 5.87. The number of pyridine rings is 1. The van der Waals surface area contributed by atoms with E-state index in [0.717, 1.165) is 37.8 Å². The summed E-state index contributed by atoms with van der Waals surface area (Å²) in [6.07, 6.45) is 4.59. The molecule has 5 nitrogen and oxygen atoms in total. The summed E-state index contributed by atoms with van der Waals surface area (Å²) >= 11 is 6.20. The summed E-state index contributed by atoms with van der Waals surface area (Å²) < 4.78 is 0. The predicted octanol–water partition coefficient (Wildman–Crippen LogP) is 2.05. The number of aliphatic imine (C=N–C) groups is 1. The third kappa shape index (κ3) is 4.36. The summed E-state index contributed by atoms with van der Waals surface area (Å²) in [5, 5.41) is 7.39. The number of hydrogen-bond acceptors (Lipinski definition) is 3. The average molecular weight is 308 g/mol. The maximum atomic E-state index is 6.20. The van der Waals surface area contributed by atoms with Crippen LogP contribution in [0.5, 0.6) is 0 Å². The average Bonchev–Trinajstić information content (AvgIpc) is 2.94. The van der Waals surface area contributed by atoms with Crippen molar-refractivity contribution in [3.63, 3.8) is 0 Å². The minimum absolute atomic E-state index is 0.339. The summed E-state index contributed by atoms with van der Waals surface area (Å²) in [6.45, 7) is 9.01. The summed E-state index contributed by atoms with van der Waals surface area (Å²) in [7, 11) is 0. The molecule has 0 aliphatic carbocycles. The SMILES string of the molecule is C=CCN=C(NCC)NC1CCN(c2ncccc2Cl)C1. The predicted molar refractivity (Wildman–Crippen MR) is 89.2 cm³/mol. The molecule has 2 heterocycles. The highest BCUT2D eigenvalue weighted by Crippen LogP contribution is 2.25. The van der Waals surface area contributed by atoms with Crippen LogP contribution < -0.4 is 15.5 Å². The van der Waals surface area contributed by atoms with E-state index in [9.17, 15) is 0 Å². The van der Waals surface area contributed by atoms with Crippen molar-refractivity contribution in [1.82, 2.24) is 15.6 Å². The second-order valence-corrected chi connectivity index (χ2v) is 5.30. The van der Waals surface area contributed by atoms with Gasteiger partial charge in [0.2, 0.25) is 0 Å². The highest BCUT2D eigenvalue weighted by molar-refractivity contribution is 6.32. The van der Waals surface area contributed by atoms with Crippen molar-refractivity contribution in [3.8, 4) is 0 Å². The van der Waals surface area contributed by atoms with Crippen molar-refractivity contribution in [2.75, 3.05) is 31.1 Å². The number of guanidine groups is 1. The van der Waals surface area contributed by atoms with Gasteiger partial charge in [0.1, 0.15) is 5.82 Å². The van der Waals surface area contributed by atoms with Crippen LogP contribution in [-0.2, 0) is 0 Å². The van der Waals surface area contributed by atoms with Gasteiger partial charge >= 0.3 is 0 Å². The maximum Gasteiger partial charge on any atom is 0.191 e. The minimum atomic E-state index is 0.339. The van der Waals surface area contributed by atoms with Crippen LogP contribution in [-0.4, -0.2) is 43.2 Å². The molecule has 114 valence electrons. The number of halogens is 1. The number of nitrogens with one attached hydrogen (secondary N) is 2. The van der Waals surface area contributed by atoms with Crippen LogP contribution in [0.15, 0.2) is 36.0 Å². The van der Waals surface area contributed by atoms with Crippen molar-refractivity contribution < 1.29 is 0 Å². The normalized spacial score (nSPS) is 18.7.